The molecular formula is C12H13NOS. The second kappa shape index (κ2) is 4.55. The van der Waals surface area contributed by atoms with Gasteiger partial charge in [-0.3, -0.25) is 0 Å². The molecule has 1 atom stereocenters. The molecule has 1 heterocycles. The van der Waals surface area contributed by atoms with Crippen molar-refractivity contribution in [3.63, 3.8) is 0 Å². The summed E-state index contributed by atoms with van der Waals surface area (Å²) in [6, 6.07) is 10.2. The third-order valence-corrected chi connectivity index (χ3v) is 3.30. The fourth-order valence-corrected chi connectivity index (χ4v) is 2.18. The summed E-state index contributed by atoms with van der Waals surface area (Å²) in [6.45, 7) is 2.01. The van der Waals surface area contributed by atoms with Gasteiger partial charge in [-0.25, -0.2) is 4.98 Å². The molecule has 1 unspecified atom stereocenters. The van der Waals surface area contributed by atoms with E-state index >= 15 is 0 Å². The van der Waals surface area contributed by atoms with Gasteiger partial charge in [0.25, 0.3) is 0 Å². The van der Waals surface area contributed by atoms with Crippen LogP contribution in [0.5, 0.6) is 0 Å². The van der Waals surface area contributed by atoms with Crippen LogP contribution >= 0.6 is 11.3 Å². The van der Waals surface area contributed by atoms with E-state index in [0.717, 1.165) is 16.3 Å². The minimum absolute atomic E-state index is 0.0764. The molecule has 0 N–H and O–H groups in total. The highest BCUT2D eigenvalue weighted by atomic mass is 32.1. The summed E-state index contributed by atoms with van der Waals surface area (Å²) in [5.41, 5.74) is 2.18. The molecule has 78 valence electrons. The van der Waals surface area contributed by atoms with Crippen LogP contribution in [0.15, 0.2) is 35.7 Å². The highest BCUT2D eigenvalue weighted by molar-refractivity contribution is 7.10. The molecular weight excluding hydrogens is 206 g/mol. The molecule has 0 aliphatic carbocycles. The van der Waals surface area contributed by atoms with Gasteiger partial charge in [0.05, 0.1) is 5.69 Å². The maximum absolute atomic E-state index is 5.23. The van der Waals surface area contributed by atoms with Crippen molar-refractivity contribution >= 4 is 11.3 Å². The Hall–Kier alpha value is -1.19. The first-order chi connectivity index (χ1) is 7.31. The fraction of sp³-hybridized carbons (Fsp3) is 0.250. The molecule has 0 aliphatic heterocycles. The quantitative estimate of drug-likeness (QED) is 0.788. The standard InChI is InChI=1S/C12H13NOS/c1-9(14-2)12-13-11(8-15-12)10-6-4-3-5-7-10/h3-9H,1-2H3. The summed E-state index contributed by atoms with van der Waals surface area (Å²) in [4.78, 5) is 4.54. The molecule has 0 saturated heterocycles. The second-order valence-electron chi connectivity index (χ2n) is 3.31. The summed E-state index contributed by atoms with van der Waals surface area (Å²) in [7, 11) is 1.70. The topological polar surface area (TPSA) is 22.1 Å². The molecule has 0 saturated carbocycles. The molecule has 0 radical (unpaired) electrons. The number of hydrogen-bond donors (Lipinski definition) is 0. The van der Waals surface area contributed by atoms with Crippen LogP contribution in [0.1, 0.15) is 18.0 Å². The fourth-order valence-electron chi connectivity index (χ4n) is 1.32. The van der Waals surface area contributed by atoms with E-state index in [9.17, 15) is 0 Å². The van der Waals surface area contributed by atoms with Gasteiger partial charge in [-0.05, 0) is 6.92 Å². The monoisotopic (exact) mass is 219 g/mol. The smallest absolute Gasteiger partial charge is 0.122 e. The molecule has 0 bridgehead atoms. The first-order valence-electron chi connectivity index (χ1n) is 4.85. The number of aromatic nitrogens is 1. The van der Waals surface area contributed by atoms with E-state index in [1.54, 1.807) is 18.4 Å². The van der Waals surface area contributed by atoms with Crippen molar-refractivity contribution in [1.29, 1.82) is 0 Å². The van der Waals surface area contributed by atoms with Gasteiger partial charge in [0, 0.05) is 18.1 Å². The maximum atomic E-state index is 5.23. The van der Waals surface area contributed by atoms with Crippen molar-refractivity contribution in [2.24, 2.45) is 0 Å². The highest BCUT2D eigenvalue weighted by Crippen LogP contribution is 2.26. The summed E-state index contributed by atoms with van der Waals surface area (Å²) >= 11 is 1.64. The maximum Gasteiger partial charge on any atom is 0.122 e. The van der Waals surface area contributed by atoms with Crippen LogP contribution in [0.25, 0.3) is 11.3 Å². The molecule has 2 rings (SSSR count). The molecule has 15 heavy (non-hydrogen) atoms. The molecule has 3 heteroatoms. The Labute approximate surface area is 93.6 Å². The zero-order valence-corrected chi connectivity index (χ0v) is 9.62. The van der Waals surface area contributed by atoms with Crippen LogP contribution in [-0.2, 0) is 4.74 Å². The Kier molecular flexibility index (Phi) is 3.14. The van der Waals surface area contributed by atoms with Gasteiger partial charge in [0.2, 0.25) is 0 Å². The molecule has 0 fully saturated rings. The largest absolute Gasteiger partial charge is 0.375 e. The first-order valence-corrected chi connectivity index (χ1v) is 5.73. The number of rotatable bonds is 3. The van der Waals surface area contributed by atoms with E-state index in [1.165, 1.54) is 0 Å². The van der Waals surface area contributed by atoms with Crippen LogP contribution in [0.2, 0.25) is 0 Å². The zero-order chi connectivity index (χ0) is 10.7. The molecule has 1 aromatic carbocycles. The summed E-state index contributed by atoms with van der Waals surface area (Å²) in [6.07, 6.45) is 0.0764. The van der Waals surface area contributed by atoms with Crippen LogP contribution < -0.4 is 0 Å². The number of methoxy groups -OCH3 is 1. The lowest BCUT2D eigenvalue weighted by molar-refractivity contribution is 0.119. The number of ether oxygens (including phenoxy) is 1. The van der Waals surface area contributed by atoms with Crippen LogP contribution in [0, 0.1) is 0 Å². The highest BCUT2D eigenvalue weighted by Gasteiger charge is 2.09. The number of nitrogens with zero attached hydrogens (tertiary/aromatic N) is 1. The van der Waals surface area contributed by atoms with E-state index in [2.05, 4.69) is 22.5 Å². The number of thiazole rings is 1. The van der Waals surface area contributed by atoms with Crippen LogP contribution in [-0.4, -0.2) is 12.1 Å². The third-order valence-electron chi connectivity index (χ3n) is 2.29. The van der Waals surface area contributed by atoms with Gasteiger partial charge < -0.3 is 4.74 Å². The zero-order valence-electron chi connectivity index (χ0n) is 8.81. The summed E-state index contributed by atoms with van der Waals surface area (Å²) in [5.74, 6) is 0. The van der Waals surface area contributed by atoms with Crippen molar-refractivity contribution in [3.8, 4) is 11.3 Å². The van der Waals surface area contributed by atoms with Crippen molar-refractivity contribution in [2.75, 3.05) is 7.11 Å². The molecule has 0 aliphatic rings. The Morgan fingerprint density at radius 3 is 2.67 bits per heavy atom. The number of hydrogen-bond acceptors (Lipinski definition) is 3. The van der Waals surface area contributed by atoms with Crippen LogP contribution in [0.4, 0.5) is 0 Å². The van der Waals surface area contributed by atoms with Crippen molar-refractivity contribution in [2.45, 2.75) is 13.0 Å². The first kappa shape index (κ1) is 10.3. The normalized spacial score (nSPS) is 12.7. The predicted molar refractivity (Wildman–Crippen MR) is 63.0 cm³/mol. The Balaban J connectivity index is 2.28. The van der Waals surface area contributed by atoms with Gasteiger partial charge in [0.15, 0.2) is 0 Å². The third kappa shape index (κ3) is 2.25. The van der Waals surface area contributed by atoms with Crippen molar-refractivity contribution in [3.05, 3.63) is 40.7 Å². The Morgan fingerprint density at radius 1 is 1.27 bits per heavy atom. The molecule has 1 aromatic heterocycles. The molecule has 0 spiro atoms. The lowest BCUT2D eigenvalue weighted by Gasteiger charge is -2.03. The molecule has 0 amide bonds. The summed E-state index contributed by atoms with van der Waals surface area (Å²) in [5, 5.41) is 3.09. The molecule has 2 nitrogen and oxygen atoms in total. The Bertz CT molecular complexity index is 424. The second-order valence-corrected chi connectivity index (χ2v) is 4.20. The average Bonchev–Trinajstić information content (AvgIpc) is 2.78. The lowest BCUT2D eigenvalue weighted by Crippen LogP contribution is -1.94. The minimum atomic E-state index is 0.0764. The van der Waals surface area contributed by atoms with E-state index < -0.39 is 0 Å². The van der Waals surface area contributed by atoms with Crippen molar-refractivity contribution in [1.82, 2.24) is 4.98 Å². The van der Waals surface area contributed by atoms with E-state index in [0.29, 0.717) is 0 Å². The predicted octanol–water partition coefficient (Wildman–Crippen LogP) is 3.52. The van der Waals surface area contributed by atoms with Gasteiger partial charge >= 0.3 is 0 Å². The van der Waals surface area contributed by atoms with Crippen LogP contribution in [0.3, 0.4) is 0 Å². The van der Waals surface area contributed by atoms with Gasteiger partial charge in [0.1, 0.15) is 11.1 Å². The van der Waals surface area contributed by atoms with E-state index in [1.807, 2.05) is 25.1 Å². The van der Waals surface area contributed by atoms with E-state index in [-0.39, 0.29) is 6.10 Å². The van der Waals surface area contributed by atoms with Crippen molar-refractivity contribution < 1.29 is 4.74 Å². The lowest BCUT2D eigenvalue weighted by atomic mass is 10.2. The average molecular weight is 219 g/mol. The Morgan fingerprint density at radius 2 is 2.00 bits per heavy atom. The summed E-state index contributed by atoms with van der Waals surface area (Å²) < 4.78 is 5.23. The number of benzene rings is 1. The van der Waals surface area contributed by atoms with E-state index in [4.69, 9.17) is 4.74 Å². The van der Waals surface area contributed by atoms with Gasteiger partial charge in [-0.2, -0.15) is 0 Å². The minimum Gasteiger partial charge on any atom is -0.375 e. The molecule has 2 aromatic rings. The van der Waals surface area contributed by atoms with Gasteiger partial charge in [-0.15, -0.1) is 11.3 Å². The van der Waals surface area contributed by atoms with Gasteiger partial charge in [-0.1, -0.05) is 30.3 Å². The SMILES string of the molecule is COC(C)c1nc(-c2ccccc2)cs1.